The number of carbonyl (C=O) groups is 1. The number of amides is 1. The summed E-state index contributed by atoms with van der Waals surface area (Å²) >= 11 is 1.96. The molecule has 1 aromatic rings. The van der Waals surface area contributed by atoms with Gasteiger partial charge < -0.3 is 10.6 Å². The fraction of sp³-hybridized carbons (Fsp3) is 0.733. The zero-order chi connectivity index (χ0) is 14.7. The number of rotatable bonds is 4. The van der Waals surface area contributed by atoms with E-state index in [9.17, 15) is 4.79 Å². The van der Waals surface area contributed by atoms with Crippen molar-refractivity contribution in [3.05, 3.63) is 18.0 Å². The summed E-state index contributed by atoms with van der Waals surface area (Å²) in [7, 11) is 0. The predicted octanol–water partition coefficient (Wildman–Crippen LogP) is 1.82. The maximum atomic E-state index is 12.2. The quantitative estimate of drug-likeness (QED) is 0.891. The lowest BCUT2D eigenvalue weighted by atomic mass is 10.1. The van der Waals surface area contributed by atoms with E-state index in [2.05, 4.69) is 22.7 Å². The normalized spacial score (nSPS) is 29.5. The van der Waals surface area contributed by atoms with Gasteiger partial charge in [0.25, 0.3) is 5.91 Å². The molecule has 1 amide bonds. The molecule has 2 aliphatic heterocycles. The number of piperidine rings is 1. The molecule has 3 rings (SSSR count). The minimum Gasteiger partial charge on any atom is -0.349 e. The van der Waals surface area contributed by atoms with E-state index < -0.39 is 0 Å². The van der Waals surface area contributed by atoms with E-state index in [4.69, 9.17) is 0 Å². The largest absolute Gasteiger partial charge is 0.349 e. The third-order valence-corrected chi connectivity index (χ3v) is 5.95. The number of hydrogen-bond acceptors (Lipinski definition) is 4. The number of aromatic nitrogens is 2. The van der Waals surface area contributed by atoms with Crippen molar-refractivity contribution in [3.8, 4) is 0 Å². The fourth-order valence-electron chi connectivity index (χ4n) is 3.06. The molecule has 2 aliphatic rings. The lowest BCUT2D eigenvalue weighted by molar-refractivity contribution is 0.0943. The van der Waals surface area contributed by atoms with Crippen LogP contribution in [0.1, 0.15) is 49.1 Å². The van der Waals surface area contributed by atoms with Gasteiger partial charge in [0, 0.05) is 24.0 Å². The molecule has 0 aliphatic carbocycles. The Labute approximate surface area is 130 Å². The van der Waals surface area contributed by atoms with Gasteiger partial charge >= 0.3 is 0 Å². The molecule has 0 unspecified atom stereocenters. The van der Waals surface area contributed by atoms with E-state index in [-0.39, 0.29) is 10.7 Å². The summed E-state index contributed by atoms with van der Waals surface area (Å²) in [5.41, 5.74) is 0.534. The summed E-state index contributed by atoms with van der Waals surface area (Å²) in [6, 6.07) is 2.21. The van der Waals surface area contributed by atoms with E-state index in [1.807, 2.05) is 28.7 Å². The molecular formula is C15H24N4OS. The molecule has 2 fully saturated rings. The summed E-state index contributed by atoms with van der Waals surface area (Å²) < 4.78 is 2.14. The van der Waals surface area contributed by atoms with Crippen LogP contribution in [0, 0.1) is 0 Å². The summed E-state index contributed by atoms with van der Waals surface area (Å²) in [6.07, 6.45) is 6.66. The van der Waals surface area contributed by atoms with Gasteiger partial charge in [-0.3, -0.25) is 9.48 Å². The molecule has 116 valence electrons. The van der Waals surface area contributed by atoms with E-state index >= 15 is 0 Å². The molecule has 0 saturated carbocycles. The Balaban J connectivity index is 1.56. The highest BCUT2D eigenvalue weighted by molar-refractivity contribution is 8.00. The molecule has 2 atom stereocenters. The summed E-state index contributed by atoms with van der Waals surface area (Å²) in [5, 5.41) is 10.9. The van der Waals surface area contributed by atoms with Gasteiger partial charge in [-0.1, -0.05) is 0 Å². The second-order valence-corrected chi connectivity index (χ2v) is 7.95. The minimum atomic E-state index is -0.0498. The van der Waals surface area contributed by atoms with Crippen molar-refractivity contribution in [2.24, 2.45) is 0 Å². The third-order valence-electron chi connectivity index (χ3n) is 4.41. The van der Waals surface area contributed by atoms with E-state index in [0.29, 0.717) is 11.7 Å². The van der Waals surface area contributed by atoms with Gasteiger partial charge in [0.1, 0.15) is 5.69 Å². The fourth-order valence-corrected chi connectivity index (χ4v) is 4.30. The van der Waals surface area contributed by atoms with Crippen molar-refractivity contribution >= 4 is 17.7 Å². The number of thioether (sulfide) groups is 1. The molecule has 6 heteroatoms. The molecule has 2 saturated heterocycles. The lowest BCUT2D eigenvalue weighted by Crippen LogP contribution is -2.37. The highest BCUT2D eigenvalue weighted by Crippen LogP contribution is 2.36. The van der Waals surface area contributed by atoms with Gasteiger partial charge in [-0.15, -0.1) is 0 Å². The van der Waals surface area contributed by atoms with Crippen molar-refractivity contribution in [2.75, 3.05) is 25.4 Å². The molecule has 2 N–H and O–H groups in total. The van der Waals surface area contributed by atoms with Crippen LogP contribution in [0.5, 0.6) is 0 Å². The minimum absolute atomic E-state index is 0.0498. The Morgan fingerprint density at radius 1 is 1.62 bits per heavy atom. The second kappa shape index (κ2) is 6.40. The van der Waals surface area contributed by atoms with Crippen LogP contribution in [0.3, 0.4) is 0 Å². The molecule has 21 heavy (non-hydrogen) atoms. The van der Waals surface area contributed by atoms with Crippen LogP contribution in [-0.2, 0) is 0 Å². The first kappa shape index (κ1) is 14.9. The standard InChI is InChI=1S/C15H24N4OS/c1-15(6-3-9-21-15)11-17-14(20)13-5-8-19(18-13)12-4-2-7-16-10-12/h5,8,12,16H,2-4,6-7,9-11H2,1H3,(H,17,20)/t12-,15-/m1/s1. The molecule has 0 radical (unpaired) electrons. The lowest BCUT2D eigenvalue weighted by Gasteiger charge is -2.23. The van der Waals surface area contributed by atoms with Crippen molar-refractivity contribution in [1.82, 2.24) is 20.4 Å². The average molecular weight is 308 g/mol. The smallest absolute Gasteiger partial charge is 0.271 e. The molecular weight excluding hydrogens is 284 g/mol. The summed E-state index contributed by atoms with van der Waals surface area (Å²) in [5.74, 6) is 1.15. The van der Waals surface area contributed by atoms with Gasteiger partial charge in [-0.2, -0.15) is 16.9 Å². The first-order valence-corrected chi connectivity index (χ1v) is 8.83. The number of nitrogens with zero attached hydrogens (tertiary/aromatic N) is 2. The molecule has 0 bridgehead atoms. The number of hydrogen-bond donors (Lipinski definition) is 2. The molecule has 3 heterocycles. The van der Waals surface area contributed by atoms with Crippen LogP contribution in [0.4, 0.5) is 0 Å². The van der Waals surface area contributed by atoms with Crippen LogP contribution < -0.4 is 10.6 Å². The Morgan fingerprint density at radius 3 is 3.24 bits per heavy atom. The maximum absolute atomic E-state index is 12.2. The van der Waals surface area contributed by atoms with Crippen molar-refractivity contribution < 1.29 is 4.79 Å². The van der Waals surface area contributed by atoms with E-state index in [1.165, 1.54) is 25.0 Å². The monoisotopic (exact) mass is 308 g/mol. The van der Waals surface area contributed by atoms with Crippen molar-refractivity contribution in [1.29, 1.82) is 0 Å². The van der Waals surface area contributed by atoms with Gasteiger partial charge in [-0.25, -0.2) is 0 Å². The Kier molecular flexibility index (Phi) is 4.54. The van der Waals surface area contributed by atoms with Crippen LogP contribution in [0.25, 0.3) is 0 Å². The molecule has 0 spiro atoms. The van der Waals surface area contributed by atoms with Crippen molar-refractivity contribution in [3.63, 3.8) is 0 Å². The first-order chi connectivity index (χ1) is 10.2. The average Bonchev–Trinajstić information content (AvgIpc) is 3.16. The predicted molar refractivity (Wildman–Crippen MR) is 85.8 cm³/mol. The summed E-state index contributed by atoms with van der Waals surface area (Å²) in [4.78, 5) is 12.2. The van der Waals surface area contributed by atoms with Crippen LogP contribution in [0.2, 0.25) is 0 Å². The zero-order valence-electron chi connectivity index (χ0n) is 12.6. The van der Waals surface area contributed by atoms with Crippen LogP contribution in [-0.4, -0.2) is 45.8 Å². The zero-order valence-corrected chi connectivity index (χ0v) is 13.4. The highest BCUT2D eigenvalue weighted by atomic mass is 32.2. The number of carbonyl (C=O) groups excluding carboxylic acids is 1. The first-order valence-electron chi connectivity index (χ1n) is 7.84. The third kappa shape index (κ3) is 3.61. The van der Waals surface area contributed by atoms with Gasteiger partial charge in [0.05, 0.1) is 6.04 Å². The molecule has 1 aromatic heterocycles. The Hall–Kier alpha value is -1.01. The van der Waals surface area contributed by atoms with Crippen molar-refractivity contribution in [2.45, 2.75) is 43.4 Å². The van der Waals surface area contributed by atoms with Gasteiger partial charge in [-0.05, 0) is 51.0 Å². The molecule has 0 aromatic carbocycles. The highest BCUT2D eigenvalue weighted by Gasteiger charge is 2.30. The SMILES string of the molecule is C[C@]1(CNC(=O)c2ccn([C@@H]3CCCNC3)n2)CCCS1. The second-order valence-electron chi connectivity index (χ2n) is 6.27. The Bertz CT molecular complexity index is 490. The van der Waals surface area contributed by atoms with Gasteiger partial charge in [0.2, 0.25) is 0 Å². The van der Waals surface area contributed by atoms with Crippen LogP contribution >= 0.6 is 11.8 Å². The summed E-state index contributed by atoms with van der Waals surface area (Å²) in [6.45, 7) is 4.99. The van der Waals surface area contributed by atoms with Crippen LogP contribution in [0.15, 0.2) is 12.3 Å². The topological polar surface area (TPSA) is 59.0 Å². The van der Waals surface area contributed by atoms with Gasteiger partial charge in [0.15, 0.2) is 0 Å². The number of nitrogens with one attached hydrogen (secondary N) is 2. The van der Waals surface area contributed by atoms with E-state index in [0.717, 1.165) is 26.1 Å². The van der Waals surface area contributed by atoms with E-state index in [1.54, 1.807) is 0 Å². The molecule has 5 nitrogen and oxygen atoms in total. The maximum Gasteiger partial charge on any atom is 0.271 e. The Morgan fingerprint density at radius 2 is 2.52 bits per heavy atom.